The molecule has 2 N–H and O–H groups in total. The molecule has 0 aromatic heterocycles. The van der Waals surface area contributed by atoms with Gasteiger partial charge >= 0.3 is 5.97 Å². The molecule has 1 rings (SSSR count). The molecule has 0 saturated carbocycles. The number of hydrogen-bond donors (Lipinski definition) is 1. The van der Waals surface area contributed by atoms with Gasteiger partial charge in [0.05, 0.1) is 12.7 Å². The molecule has 0 heterocycles. The molecule has 0 bridgehead atoms. The summed E-state index contributed by atoms with van der Waals surface area (Å²) in [5, 5.41) is 0. The normalized spacial score (nSPS) is 9.77. The SMILES string of the molecule is COC(=O)c1cc(C)c(Br)cc1N. The van der Waals surface area contributed by atoms with E-state index in [1.54, 1.807) is 12.1 Å². The summed E-state index contributed by atoms with van der Waals surface area (Å²) < 4.78 is 5.46. The van der Waals surface area contributed by atoms with Gasteiger partial charge in [-0.1, -0.05) is 15.9 Å². The van der Waals surface area contributed by atoms with Crippen LogP contribution in [0.3, 0.4) is 0 Å². The summed E-state index contributed by atoms with van der Waals surface area (Å²) >= 11 is 3.32. The quantitative estimate of drug-likeness (QED) is 0.608. The van der Waals surface area contributed by atoms with Crippen LogP contribution in [-0.4, -0.2) is 13.1 Å². The van der Waals surface area contributed by atoms with Crippen LogP contribution in [0.2, 0.25) is 0 Å². The molecule has 70 valence electrons. The minimum absolute atomic E-state index is 0.406. The highest BCUT2D eigenvalue weighted by atomic mass is 79.9. The van der Waals surface area contributed by atoms with E-state index in [2.05, 4.69) is 20.7 Å². The molecule has 3 nitrogen and oxygen atoms in total. The van der Waals surface area contributed by atoms with Crippen molar-refractivity contribution >= 4 is 27.6 Å². The predicted molar refractivity (Wildman–Crippen MR) is 54.6 cm³/mol. The second kappa shape index (κ2) is 3.79. The number of ether oxygens (including phenoxy) is 1. The molecular formula is C9H10BrNO2. The fraction of sp³-hybridized carbons (Fsp3) is 0.222. The third kappa shape index (κ3) is 2.01. The number of hydrogen-bond acceptors (Lipinski definition) is 3. The van der Waals surface area contributed by atoms with Gasteiger partial charge in [-0.05, 0) is 24.6 Å². The van der Waals surface area contributed by atoms with E-state index in [0.29, 0.717) is 11.3 Å². The highest BCUT2D eigenvalue weighted by Gasteiger charge is 2.11. The van der Waals surface area contributed by atoms with Crippen molar-refractivity contribution in [3.05, 3.63) is 27.7 Å². The molecule has 0 saturated heterocycles. The Labute approximate surface area is 85.0 Å². The number of methoxy groups -OCH3 is 1. The second-order valence-corrected chi connectivity index (χ2v) is 3.53. The van der Waals surface area contributed by atoms with E-state index in [9.17, 15) is 4.79 Å². The Balaban J connectivity index is 3.23. The molecule has 0 atom stereocenters. The molecule has 13 heavy (non-hydrogen) atoms. The van der Waals surface area contributed by atoms with Crippen LogP contribution < -0.4 is 5.73 Å². The van der Waals surface area contributed by atoms with Crippen LogP contribution in [0.25, 0.3) is 0 Å². The number of benzene rings is 1. The van der Waals surface area contributed by atoms with Crippen LogP contribution in [0.1, 0.15) is 15.9 Å². The number of nitrogens with two attached hydrogens (primary N) is 1. The predicted octanol–water partition coefficient (Wildman–Crippen LogP) is 2.13. The Morgan fingerprint density at radius 1 is 1.54 bits per heavy atom. The van der Waals surface area contributed by atoms with E-state index in [1.807, 2.05) is 6.92 Å². The minimum atomic E-state index is -0.409. The summed E-state index contributed by atoms with van der Waals surface area (Å²) in [5.41, 5.74) is 7.42. The topological polar surface area (TPSA) is 52.3 Å². The van der Waals surface area contributed by atoms with Crippen LogP contribution in [0.15, 0.2) is 16.6 Å². The Bertz CT molecular complexity index is 350. The molecule has 0 unspecified atom stereocenters. The molecule has 0 amide bonds. The Kier molecular flexibility index (Phi) is 2.93. The lowest BCUT2D eigenvalue weighted by Crippen LogP contribution is -2.06. The lowest BCUT2D eigenvalue weighted by atomic mass is 10.1. The summed E-state index contributed by atoms with van der Waals surface area (Å²) in [7, 11) is 1.33. The third-order valence-corrected chi connectivity index (χ3v) is 2.59. The summed E-state index contributed by atoms with van der Waals surface area (Å²) in [6.07, 6.45) is 0. The number of esters is 1. The summed E-state index contributed by atoms with van der Waals surface area (Å²) in [6, 6.07) is 3.40. The van der Waals surface area contributed by atoms with Crippen molar-refractivity contribution in [3.8, 4) is 0 Å². The number of carbonyl (C=O) groups excluding carboxylic acids is 1. The van der Waals surface area contributed by atoms with Gasteiger partial charge in [0, 0.05) is 10.2 Å². The molecule has 0 aliphatic heterocycles. The number of halogens is 1. The number of rotatable bonds is 1. The summed E-state index contributed by atoms with van der Waals surface area (Å²) in [5.74, 6) is -0.409. The molecule has 0 radical (unpaired) electrons. The highest BCUT2D eigenvalue weighted by molar-refractivity contribution is 9.10. The first-order valence-corrected chi connectivity index (χ1v) is 4.49. The van der Waals surface area contributed by atoms with Crippen LogP contribution >= 0.6 is 15.9 Å². The number of anilines is 1. The van der Waals surface area contributed by atoms with Crippen molar-refractivity contribution in [1.29, 1.82) is 0 Å². The van der Waals surface area contributed by atoms with Crippen LogP contribution in [0, 0.1) is 6.92 Å². The zero-order valence-electron chi connectivity index (χ0n) is 7.43. The smallest absolute Gasteiger partial charge is 0.339 e. The number of aryl methyl sites for hydroxylation is 1. The fourth-order valence-electron chi connectivity index (χ4n) is 0.984. The first-order chi connectivity index (χ1) is 6.06. The molecule has 1 aromatic carbocycles. The fourth-order valence-corrected chi connectivity index (χ4v) is 1.34. The van der Waals surface area contributed by atoms with Crippen LogP contribution in [-0.2, 0) is 4.74 Å². The van der Waals surface area contributed by atoms with Crippen molar-refractivity contribution in [2.45, 2.75) is 6.92 Å². The number of carbonyl (C=O) groups is 1. The van der Waals surface area contributed by atoms with E-state index in [4.69, 9.17) is 5.73 Å². The highest BCUT2D eigenvalue weighted by Crippen LogP contribution is 2.23. The first kappa shape index (κ1) is 10.1. The van der Waals surface area contributed by atoms with E-state index in [0.717, 1.165) is 10.0 Å². The lowest BCUT2D eigenvalue weighted by molar-refractivity contribution is 0.0602. The standard InChI is InChI=1S/C9H10BrNO2/c1-5-3-6(9(12)13-2)8(11)4-7(5)10/h3-4H,11H2,1-2H3. The molecule has 0 aliphatic rings. The van der Waals surface area contributed by atoms with Gasteiger partial charge in [-0.3, -0.25) is 0 Å². The van der Waals surface area contributed by atoms with Gasteiger partial charge < -0.3 is 10.5 Å². The average molecular weight is 244 g/mol. The van der Waals surface area contributed by atoms with Crippen LogP contribution in [0.5, 0.6) is 0 Å². The van der Waals surface area contributed by atoms with Gasteiger partial charge in [0.15, 0.2) is 0 Å². The maximum Gasteiger partial charge on any atom is 0.339 e. The molecule has 0 fully saturated rings. The van der Waals surface area contributed by atoms with Gasteiger partial charge in [-0.15, -0.1) is 0 Å². The van der Waals surface area contributed by atoms with Crippen molar-refractivity contribution in [2.24, 2.45) is 0 Å². The Morgan fingerprint density at radius 3 is 2.69 bits per heavy atom. The van der Waals surface area contributed by atoms with Gasteiger partial charge in [0.1, 0.15) is 0 Å². The maximum absolute atomic E-state index is 11.2. The molecule has 4 heteroatoms. The second-order valence-electron chi connectivity index (χ2n) is 2.68. The zero-order valence-corrected chi connectivity index (χ0v) is 9.01. The average Bonchev–Trinajstić information content (AvgIpc) is 2.10. The Morgan fingerprint density at radius 2 is 2.15 bits per heavy atom. The van der Waals surface area contributed by atoms with Crippen molar-refractivity contribution in [1.82, 2.24) is 0 Å². The van der Waals surface area contributed by atoms with Gasteiger partial charge in [0.25, 0.3) is 0 Å². The van der Waals surface area contributed by atoms with E-state index in [1.165, 1.54) is 7.11 Å². The first-order valence-electron chi connectivity index (χ1n) is 3.70. The van der Waals surface area contributed by atoms with Crippen molar-refractivity contribution < 1.29 is 9.53 Å². The lowest BCUT2D eigenvalue weighted by Gasteiger charge is -2.06. The van der Waals surface area contributed by atoms with Gasteiger partial charge in [-0.2, -0.15) is 0 Å². The summed E-state index contributed by atoms with van der Waals surface area (Å²) in [6.45, 7) is 1.88. The summed E-state index contributed by atoms with van der Waals surface area (Å²) in [4.78, 5) is 11.2. The molecule has 0 spiro atoms. The van der Waals surface area contributed by atoms with Crippen molar-refractivity contribution in [2.75, 3.05) is 12.8 Å². The zero-order chi connectivity index (χ0) is 10.0. The third-order valence-electron chi connectivity index (χ3n) is 1.74. The molecule has 0 aliphatic carbocycles. The van der Waals surface area contributed by atoms with Crippen LogP contribution in [0.4, 0.5) is 5.69 Å². The number of nitrogen functional groups attached to an aromatic ring is 1. The Hall–Kier alpha value is -1.03. The van der Waals surface area contributed by atoms with Crippen molar-refractivity contribution in [3.63, 3.8) is 0 Å². The molecule has 1 aromatic rings. The maximum atomic E-state index is 11.2. The van der Waals surface area contributed by atoms with E-state index < -0.39 is 5.97 Å². The van der Waals surface area contributed by atoms with E-state index in [-0.39, 0.29) is 0 Å². The van der Waals surface area contributed by atoms with Gasteiger partial charge in [-0.25, -0.2) is 4.79 Å². The van der Waals surface area contributed by atoms with Gasteiger partial charge in [0.2, 0.25) is 0 Å². The molecular weight excluding hydrogens is 234 g/mol. The monoisotopic (exact) mass is 243 g/mol. The van der Waals surface area contributed by atoms with E-state index >= 15 is 0 Å². The minimum Gasteiger partial charge on any atom is -0.465 e. The largest absolute Gasteiger partial charge is 0.465 e.